The molecule has 8 nitrogen and oxygen atoms in total. The zero-order valence-electron chi connectivity index (χ0n) is 15.7. The number of anilines is 2. The van der Waals surface area contributed by atoms with E-state index in [2.05, 4.69) is 25.9 Å². The summed E-state index contributed by atoms with van der Waals surface area (Å²) in [5.41, 5.74) is 2.48. The molecule has 0 spiro atoms. The van der Waals surface area contributed by atoms with E-state index in [0.717, 1.165) is 5.56 Å². The molecule has 3 aromatic rings. The number of hydrogen-bond donors (Lipinski definition) is 3. The second-order valence-corrected chi connectivity index (χ2v) is 6.19. The maximum absolute atomic E-state index is 12.4. The lowest BCUT2D eigenvalue weighted by atomic mass is 10.2. The molecule has 0 saturated heterocycles. The smallest absolute Gasteiger partial charge is 0.274 e. The second-order valence-electron chi connectivity index (χ2n) is 6.19. The lowest BCUT2D eigenvalue weighted by Crippen LogP contribution is -2.23. The van der Waals surface area contributed by atoms with Crippen LogP contribution in [0.15, 0.2) is 67.1 Å². The topological polar surface area (TPSA) is 113 Å². The standard InChI is InChI=1S/C21H19N5O3/c1-14(27)25-17-4-6-18(7-5-17)26-21(29)19-11-16(8-10-23-19)20(28)24-13-15-3-2-9-22-12-15/h2-12H,13H2,1H3,(H,24,28)(H,25,27)(H,26,29). The summed E-state index contributed by atoms with van der Waals surface area (Å²) in [5.74, 6) is -0.936. The molecule has 8 heteroatoms. The Kier molecular flexibility index (Phi) is 6.26. The predicted molar refractivity (Wildman–Crippen MR) is 108 cm³/mol. The molecule has 3 N–H and O–H groups in total. The van der Waals surface area contributed by atoms with E-state index < -0.39 is 5.91 Å². The molecule has 0 aliphatic rings. The maximum Gasteiger partial charge on any atom is 0.274 e. The molecule has 0 radical (unpaired) electrons. The molecule has 1 aromatic carbocycles. The Balaban J connectivity index is 1.62. The van der Waals surface area contributed by atoms with Crippen LogP contribution in [0.3, 0.4) is 0 Å². The molecule has 146 valence electrons. The van der Waals surface area contributed by atoms with E-state index in [-0.39, 0.29) is 17.5 Å². The summed E-state index contributed by atoms with van der Waals surface area (Å²) in [4.78, 5) is 43.9. The van der Waals surface area contributed by atoms with Crippen LogP contribution >= 0.6 is 0 Å². The van der Waals surface area contributed by atoms with Gasteiger partial charge in [0.05, 0.1) is 0 Å². The van der Waals surface area contributed by atoms with Crippen LogP contribution in [0.1, 0.15) is 33.3 Å². The van der Waals surface area contributed by atoms with Crippen molar-refractivity contribution in [1.82, 2.24) is 15.3 Å². The molecule has 0 unspecified atom stereocenters. The van der Waals surface area contributed by atoms with Gasteiger partial charge in [0.1, 0.15) is 5.69 Å². The SMILES string of the molecule is CC(=O)Nc1ccc(NC(=O)c2cc(C(=O)NCc3cccnc3)ccn2)cc1. The third-order valence-electron chi connectivity index (χ3n) is 3.89. The van der Waals surface area contributed by atoms with Crippen molar-refractivity contribution >= 4 is 29.1 Å². The predicted octanol–water partition coefficient (Wildman–Crippen LogP) is 2.62. The lowest BCUT2D eigenvalue weighted by molar-refractivity contribution is -0.114. The van der Waals surface area contributed by atoms with Gasteiger partial charge in [-0.25, -0.2) is 0 Å². The van der Waals surface area contributed by atoms with Gasteiger partial charge in [-0.2, -0.15) is 0 Å². The van der Waals surface area contributed by atoms with Crippen molar-refractivity contribution < 1.29 is 14.4 Å². The van der Waals surface area contributed by atoms with E-state index in [4.69, 9.17) is 0 Å². The summed E-state index contributed by atoms with van der Waals surface area (Å²) in [6.45, 7) is 1.75. The van der Waals surface area contributed by atoms with E-state index in [9.17, 15) is 14.4 Å². The van der Waals surface area contributed by atoms with E-state index in [1.165, 1.54) is 25.3 Å². The molecule has 0 aliphatic carbocycles. The monoisotopic (exact) mass is 389 g/mol. The van der Waals surface area contributed by atoms with Gasteiger partial charge in [0.15, 0.2) is 0 Å². The molecule has 0 aliphatic heterocycles. The number of nitrogens with zero attached hydrogens (tertiary/aromatic N) is 2. The minimum absolute atomic E-state index is 0.116. The van der Waals surface area contributed by atoms with Gasteiger partial charge in [-0.05, 0) is 48.0 Å². The molecule has 0 saturated carbocycles. The largest absolute Gasteiger partial charge is 0.348 e. The van der Waals surface area contributed by atoms with Crippen LogP contribution in [0.25, 0.3) is 0 Å². The first-order valence-electron chi connectivity index (χ1n) is 8.83. The van der Waals surface area contributed by atoms with Gasteiger partial charge in [0.2, 0.25) is 5.91 Å². The van der Waals surface area contributed by atoms with E-state index >= 15 is 0 Å². The Morgan fingerprint density at radius 2 is 1.62 bits per heavy atom. The molecule has 3 amide bonds. The van der Waals surface area contributed by atoms with Crippen molar-refractivity contribution in [2.75, 3.05) is 10.6 Å². The highest BCUT2D eigenvalue weighted by Crippen LogP contribution is 2.14. The number of carbonyl (C=O) groups is 3. The summed E-state index contributed by atoms with van der Waals surface area (Å²) >= 11 is 0. The van der Waals surface area contributed by atoms with E-state index in [1.54, 1.807) is 42.7 Å². The average Bonchev–Trinajstić information content (AvgIpc) is 2.74. The van der Waals surface area contributed by atoms with Crippen molar-refractivity contribution in [3.63, 3.8) is 0 Å². The number of hydrogen-bond acceptors (Lipinski definition) is 5. The first-order chi connectivity index (χ1) is 14.0. The summed E-state index contributed by atoms with van der Waals surface area (Å²) in [6.07, 6.45) is 4.74. The Morgan fingerprint density at radius 1 is 0.897 bits per heavy atom. The molecule has 3 rings (SSSR count). The molecule has 29 heavy (non-hydrogen) atoms. The van der Waals surface area contributed by atoms with Crippen molar-refractivity contribution in [2.45, 2.75) is 13.5 Å². The van der Waals surface area contributed by atoms with Gasteiger partial charge in [-0.15, -0.1) is 0 Å². The van der Waals surface area contributed by atoms with Crippen LogP contribution in [0.4, 0.5) is 11.4 Å². The maximum atomic E-state index is 12.4. The number of amides is 3. The quantitative estimate of drug-likeness (QED) is 0.600. The Bertz CT molecular complexity index is 1020. The number of nitrogens with one attached hydrogen (secondary N) is 3. The van der Waals surface area contributed by atoms with Crippen LogP contribution in [0.5, 0.6) is 0 Å². The third-order valence-corrected chi connectivity index (χ3v) is 3.89. The van der Waals surface area contributed by atoms with Gasteiger partial charge in [-0.3, -0.25) is 24.4 Å². The van der Waals surface area contributed by atoms with Crippen molar-refractivity contribution in [1.29, 1.82) is 0 Å². The lowest BCUT2D eigenvalue weighted by Gasteiger charge is -2.08. The highest BCUT2D eigenvalue weighted by molar-refractivity contribution is 6.04. The number of aromatic nitrogens is 2. The number of pyridine rings is 2. The van der Waals surface area contributed by atoms with Crippen molar-refractivity contribution in [2.24, 2.45) is 0 Å². The Morgan fingerprint density at radius 3 is 2.28 bits per heavy atom. The fraction of sp³-hybridized carbons (Fsp3) is 0.0952. The third kappa shape index (κ3) is 5.70. The Hall–Kier alpha value is -4.07. The second kappa shape index (κ2) is 9.23. The van der Waals surface area contributed by atoms with Gasteiger partial charge in [0.25, 0.3) is 11.8 Å². The highest BCUT2D eigenvalue weighted by atomic mass is 16.2. The van der Waals surface area contributed by atoms with Crippen LogP contribution < -0.4 is 16.0 Å². The van der Waals surface area contributed by atoms with Crippen molar-refractivity contribution in [3.8, 4) is 0 Å². The summed E-state index contributed by atoms with van der Waals surface area (Å²) in [6, 6.07) is 13.3. The summed E-state index contributed by atoms with van der Waals surface area (Å²) in [7, 11) is 0. The van der Waals surface area contributed by atoms with E-state index in [0.29, 0.717) is 23.5 Å². The number of benzene rings is 1. The van der Waals surface area contributed by atoms with Gasteiger partial charge in [0, 0.05) is 49.0 Å². The minimum Gasteiger partial charge on any atom is -0.348 e. The van der Waals surface area contributed by atoms with E-state index in [1.807, 2.05) is 6.07 Å². The van der Waals surface area contributed by atoms with Crippen LogP contribution in [0, 0.1) is 0 Å². The summed E-state index contributed by atoms with van der Waals surface area (Å²) < 4.78 is 0. The fourth-order valence-corrected chi connectivity index (χ4v) is 2.52. The van der Waals surface area contributed by atoms with Gasteiger partial charge in [-0.1, -0.05) is 6.07 Å². The van der Waals surface area contributed by atoms with Crippen LogP contribution in [-0.2, 0) is 11.3 Å². The molecule has 0 atom stereocenters. The van der Waals surface area contributed by atoms with Crippen LogP contribution in [0.2, 0.25) is 0 Å². The molecule has 0 bridgehead atoms. The number of carbonyl (C=O) groups excluding carboxylic acids is 3. The normalized spacial score (nSPS) is 10.1. The highest BCUT2D eigenvalue weighted by Gasteiger charge is 2.12. The first kappa shape index (κ1) is 19.7. The van der Waals surface area contributed by atoms with Gasteiger partial charge >= 0.3 is 0 Å². The van der Waals surface area contributed by atoms with Crippen LogP contribution in [-0.4, -0.2) is 27.7 Å². The average molecular weight is 389 g/mol. The molecular weight excluding hydrogens is 370 g/mol. The van der Waals surface area contributed by atoms with Gasteiger partial charge < -0.3 is 16.0 Å². The first-order valence-corrected chi connectivity index (χ1v) is 8.83. The zero-order chi connectivity index (χ0) is 20.6. The molecule has 2 aromatic heterocycles. The Labute approximate surface area is 167 Å². The fourth-order valence-electron chi connectivity index (χ4n) is 2.52. The molecule has 2 heterocycles. The zero-order valence-corrected chi connectivity index (χ0v) is 15.7. The molecule has 0 fully saturated rings. The molecular formula is C21H19N5O3. The number of rotatable bonds is 6. The van der Waals surface area contributed by atoms with Crippen molar-refractivity contribution in [3.05, 3.63) is 83.9 Å². The summed E-state index contributed by atoms with van der Waals surface area (Å²) in [5, 5.41) is 8.14. The minimum atomic E-state index is -0.445.